The highest BCUT2D eigenvalue weighted by Crippen LogP contribution is 2.15. The maximum atomic E-state index is 13.0. The lowest BCUT2D eigenvalue weighted by molar-refractivity contribution is -0.126. The van der Waals surface area contributed by atoms with Gasteiger partial charge in [0.15, 0.2) is 0 Å². The van der Waals surface area contributed by atoms with E-state index in [1.54, 1.807) is 52.0 Å². The first-order chi connectivity index (χ1) is 14.6. The standard InChI is InChI=1S/C23H26FN3O4/c1-15(2)20(26-22(29)31-19-11-7-17(24)8-12-19)21(28)27-23(3,4)14-30-18-9-5-16(13-25)6-10-18/h5-12,15,20H,14H2,1-4H3,(H,26,29)(H,27,28). The van der Waals surface area contributed by atoms with E-state index < -0.39 is 23.5 Å². The summed E-state index contributed by atoms with van der Waals surface area (Å²) in [5.41, 5.74) is -0.209. The van der Waals surface area contributed by atoms with E-state index in [0.29, 0.717) is 11.3 Å². The van der Waals surface area contributed by atoms with Crippen LogP contribution in [0.4, 0.5) is 9.18 Å². The van der Waals surface area contributed by atoms with E-state index in [1.165, 1.54) is 24.3 Å². The molecule has 2 amide bonds. The van der Waals surface area contributed by atoms with Gasteiger partial charge in [0.05, 0.1) is 17.2 Å². The summed E-state index contributed by atoms with van der Waals surface area (Å²) in [5, 5.41) is 14.3. The summed E-state index contributed by atoms with van der Waals surface area (Å²) >= 11 is 0. The van der Waals surface area contributed by atoms with Crippen molar-refractivity contribution >= 4 is 12.0 Å². The first-order valence-electron chi connectivity index (χ1n) is 9.78. The quantitative estimate of drug-likeness (QED) is 0.668. The van der Waals surface area contributed by atoms with Crippen LogP contribution in [0.2, 0.25) is 0 Å². The van der Waals surface area contributed by atoms with Crippen molar-refractivity contribution in [1.29, 1.82) is 5.26 Å². The van der Waals surface area contributed by atoms with Crippen LogP contribution in [0.3, 0.4) is 0 Å². The zero-order valence-corrected chi connectivity index (χ0v) is 17.9. The molecule has 0 fully saturated rings. The van der Waals surface area contributed by atoms with Crippen molar-refractivity contribution in [1.82, 2.24) is 10.6 Å². The highest BCUT2D eigenvalue weighted by atomic mass is 19.1. The number of halogens is 1. The molecule has 2 aromatic carbocycles. The zero-order chi connectivity index (χ0) is 23.0. The minimum Gasteiger partial charge on any atom is -0.491 e. The van der Waals surface area contributed by atoms with Crippen LogP contribution in [-0.4, -0.2) is 30.2 Å². The summed E-state index contributed by atoms with van der Waals surface area (Å²) < 4.78 is 23.8. The van der Waals surface area contributed by atoms with Crippen molar-refractivity contribution < 1.29 is 23.5 Å². The van der Waals surface area contributed by atoms with Crippen LogP contribution in [-0.2, 0) is 4.79 Å². The van der Waals surface area contributed by atoms with Crippen molar-refractivity contribution in [3.05, 3.63) is 59.9 Å². The number of nitriles is 1. The van der Waals surface area contributed by atoms with E-state index in [-0.39, 0.29) is 24.2 Å². The van der Waals surface area contributed by atoms with Gasteiger partial charge in [-0.05, 0) is 68.3 Å². The molecular formula is C23H26FN3O4. The third kappa shape index (κ3) is 7.63. The molecule has 7 nitrogen and oxygen atoms in total. The Morgan fingerprint density at radius 3 is 2.19 bits per heavy atom. The number of nitrogens with one attached hydrogen (secondary N) is 2. The summed E-state index contributed by atoms with van der Waals surface area (Å²) in [4.78, 5) is 25.0. The van der Waals surface area contributed by atoms with Gasteiger partial charge in [0.25, 0.3) is 0 Å². The number of ether oxygens (including phenoxy) is 2. The van der Waals surface area contributed by atoms with Gasteiger partial charge in [-0.25, -0.2) is 9.18 Å². The van der Waals surface area contributed by atoms with Gasteiger partial charge >= 0.3 is 6.09 Å². The predicted octanol–water partition coefficient (Wildman–Crippen LogP) is 3.78. The van der Waals surface area contributed by atoms with Crippen molar-refractivity contribution in [2.75, 3.05) is 6.61 Å². The molecule has 0 saturated heterocycles. The molecule has 164 valence electrons. The fourth-order valence-corrected chi connectivity index (χ4v) is 2.64. The molecule has 0 heterocycles. The SMILES string of the molecule is CC(C)C(NC(=O)Oc1ccc(F)cc1)C(=O)NC(C)(C)COc1ccc(C#N)cc1. The highest BCUT2D eigenvalue weighted by molar-refractivity contribution is 5.86. The second kappa shape index (κ2) is 10.4. The average molecular weight is 427 g/mol. The number of amides is 2. The molecule has 2 N–H and O–H groups in total. The molecule has 0 radical (unpaired) electrons. The molecule has 0 spiro atoms. The van der Waals surface area contributed by atoms with Gasteiger partial charge in [-0.1, -0.05) is 13.8 Å². The Labute approximate surface area is 181 Å². The number of rotatable bonds is 8. The minimum absolute atomic E-state index is 0.165. The molecule has 2 aromatic rings. The number of hydrogen-bond donors (Lipinski definition) is 2. The summed E-state index contributed by atoms with van der Waals surface area (Å²) in [5.74, 6) is -0.311. The number of carbonyl (C=O) groups is 2. The van der Waals surface area contributed by atoms with Gasteiger partial charge in [0.2, 0.25) is 5.91 Å². The molecule has 1 atom stereocenters. The van der Waals surface area contributed by atoms with Crippen molar-refractivity contribution in [2.45, 2.75) is 39.3 Å². The molecule has 2 rings (SSSR count). The van der Waals surface area contributed by atoms with Crippen molar-refractivity contribution in [3.8, 4) is 17.6 Å². The van der Waals surface area contributed by atoms with E-state index in [1.807, 2.05) is 6.07 Å². The smallest absolute Gasteiger partial charge is 0.413 e. The first kappa shape index (κ1) is 23.7. The molecule has 1 unspecified atom stereocenters. The van der Waals surface area contributed by atoms with E-state index in [4.69, 9.17) is 14.7 Å². The summed E-state index contributed by atoms with van der Waals surface area (Å²) in [7, 11) is 0. The van der Waals surface area contributed by atoms with Gasteiger partial charge < -0.3 is 20.1 Å². The lowest BCUT2D eigenvalue weighted by Gasteiger charge is -2.30. The Hall–Kier alpha value is -3.60. The third-order valence-electron chi connectivity index (χ3n) is 4.29. The Bertz CT molecular complexity index is 935. The fraction of sp³-hybridized carbons (Fsp3) is 0.348. The van der Waals surface area contributed by atoms with Crippen LogP contribution in [0, 0.1) is 23.1 Å². The van der Waals surface area contributed by atoms with Gasteiger partial charge in [-0.2, -0.15) is 5.26 Å². The summed E-state index contributed by atoms with van der Waals surface area (Å²) in [6.45, 7) is 7.35. The van der Waals surface area contributed by atoms with Gasteiger partial charge in [0.1, 0.15) is 30.0 Å². The topological polar surface area (TPSA) is 100 Å². The number of hydrogen-bond acceptors (Lipinski definition) is 5. The Balaban J connectivity index is 1.93. The van der Waals surface area contributed by atoms with E-state index in [9.17, 15) is 14.0 Å². The Morgan fingerprint density at radius 2 is 1.65 bits per heavy atom. The third-order valence-corrected chi connectivity index (χ3v) is 4.29. The number of benzene rings is 2. The molecular weight excluding hydrogens is 401 g/mol. The van der Waals surface area contributed by atoms with E-state index in [0.717, 1.165) is 0 Å². The highest BCUT2D eigenvalue weighted by Gasteiger charge is 2.30. The van der Waals surface area contributed by atoms with Crippen LogP contribution in [0.25, 0.3) is 0 Å². The maximum absolute atomic E-state index is 13.0. The van der Waals surface area contributed by atoms with Crippen LogP contribution < -0.4 is 20.1 Å². The Morgan fingerprint density at radius 1 is 1.06 bits per heavy atom. The second-order valence-electron chi connectivity index (χ2n) is 8.01. The number of nitrogens with zero attached hydrogens (tertiary/aromatic N) is 1. The van der Waals surface area contributed by atoms with Crippen molar-refractivity contribution in [3.63, 3.8) is 0 Å². The second-order valence-corrected chi connectivity index (χ2v) is 8.01. The minimum atomic E-state index is -0.845. The molecule has 8 heteroatoms. The van der Waals surface area contributed by atoms with Gasteiger partial charge in [-0.15, -0.1) is 0 Å². The van der Waals surface area contributed by atoms with E-state index in [2.05, 4.69) is 10.6 Å². The monoisotopic (exact) mass is 427 g/mol. The summed E-state index contributed by atoms with van der Waals surface area (Å²) in [6, 6.07) is 12.8. The summed E-state index contributed by atoms with van der Waals surface area (Å²) in [6.07, 6.45) is -0.813. The molecule has 31 heavy (non-hydrogen) atoms. The van der Waals surface area contributed by atoms with Crippen molar-refractivity contribution in [2.24, 2.45) is 5.92 Å². The molecule has 0 saturated carbocycles. The van der Waals surface area contributed by atoms with Gasteiger partial charge in [-0.3, -0.25) is 4.79 Å². The van der Waals surface area contributed by atoms with Crippen LogP contribution >= 0.6 is 0 Å². The maximum Gasteiger partial charge on any atom is 0.413 e. The number of carbonyl (C=O) groups excluding carboxylic acids is 2. The fourth-order valence-electron chi connectivity index (χ4n) is 2.64. The van der Waals surface area contributed by atoms with Crippen LogP contribution in [0.15, 0.2) is 48.5 Å². The largest absolute Gasteiger partial charge is 0.491 e. The average Bonchev–Trinajstić information content (AvgIpc) is 2.72. The van der Waals surface area contributed by atoms with Crippen LogP contribution in [0.5, 0.6) is 11.5 Å². The van der Waals surface area contributed by atoms with Crippen LogP contribution in [0.1, 0.15) is 33.3 Å². The Kier molecular flexibility index (Phi) is 7.97. The van der Waals surface area contributed by atoms with E-state index >= 15 is 0 Å². The predicted molar refractivity (Wildman–Crippen MR) is 113 cm³/mol. The zero-order valence-electron chi connectivity index (χ0n) is 17.9. The lowest BCUT2D eigenvalue weighted by Crippen LogP contribution is -2.57. The molecule has 0 bridgehead atoms. The lowest BCUT2D eigenvalue weighted by atomic mass is 10.0. The van der Waals surface area contributed by atoms with Gasteiger partial charge in [0, 0.05) is 0 Å². The normalized spacial score (nSPS) is 11.9. The first-order valence-corrected chi connectivity index (χ1v) is 9.78. The molecule has 0 aromatic heterocycles. The molecule has 0 aliphatic carbocycles. The molecule has 0 aliphatic heterocycles. The molecule has 0 aliphatic rings.